The van der Waals surface area contributed by atoms with Crippen LogP contribution in [-0.4, -0.2) is 80.1 Å². The molecule has 0 atom stereocenters. The molecule has 0 saturated carbocycles. The fourth-order valence-corrected chi connectivity index (χ4v) is 5.49. The smallest absolute Gasteiger partial charge is 0.475 e. The SMILES string of the molecule is Cc1cc(C)c(S(=O)(=O)N(CC(=O)N2CCNCC2)CC(C)C)c(C)c1.O=C(O)C(F)(F)F. The first-order chi connectivity index (χ1) is 15.1. The van der Waals surface area contributed by atoms with Gasteiger partial charge in [-0.05, 0) is 37.8 Å². The Hall–Kier alpha value is -2.18. The van der Waals surface area contributed by atoms with Gasteiger partial charge in [0, 0.05) is 32.7 Å². The molecule has 188 valence electrons. The van der Waals surface area contributed by atoms with Gasteiger partial charge in [0.05, 0.1) is 11.4 Å². The number of rotatable bonds is 6. The standard InChI is InChI=1S/C19H31N3O3S.C2HF3O2/c1-14(2)12-22(13-18(23)21-8-6-20-7-9-21)26(24,25)19-16(4)10-15(3)11-17(19)5;3-2(4,5)1(6)7/h10-11,14,20H,6-9,12-13H2,1-5H3;(H,6,7). The van der Waals surface area contributed by atoms with Crippen molar-refractivity contribution in [2.24, 2.45) is 5.92 Å². The second kappa shape index (κ2) is 11.8. The molecule has 1 amide bonds. The van der Waals surface area contributed by atoms with Crippen LogP contribution in [0.15, 0.2) is 17.0 Å². The van der Waals surface area contributed by atoms with Gasteiger partial charge < -0.3 is 15.3 Å². The van der Waals surface area contributed by atoms with Crippen molar-refractivity contribution >= 4 is 21.9 Å². The highest BCUT2D eigenvalue weighted by Crippen LogP contribution is 2.26. The van der Waals surface area contributed by atoms with Gasteiger partial charge in [0.1, 0.15) is 0 Å². The number of sulfonamides is 1. The Balaban J connectivity index is 0.000000675. The summed E-state index contributed by atoms with van der Waals surface area (Å²) in [5.41, 5.74) is 2.49. The highest BCUT2D eigenvalue weighted by molar-refractivity contribution is 7.89. The van der Waals surface area contributed by atoms with Gasteiger partial charge in [0.25, 0.3) is 0 Å². The van der Waals surface area contributed by atoms with Gasteiger partial charge >= 0.3 is 12.1 Å². The molecule has 1 aromatic carbocycles. The predicted molar refractivity (Wildman–Crippen MR) is 117 cm³/mol. The lowest BCUT2D eigenvalue weighted by Gasteiger charge is -2.31. The van der Waals surface area contributed by atoms with Crippen molar-refractivity contribution in [1.29, 1.82) is 0 Å². The van der Waals surface area contributed by atoms with E-state index in [0.717, 1.165) is 29.8 Å². The number of carbonyl (C=O) groups is 2. The fraction of sp³-hybridized carbons (Fsp3) is 0.619. The van der Waals surface area contributed by atoms with E-state index in [0.29, 0.717) is 24.5 Å². The van der Waals surface area contributed by atoms with E-state index in [-0.39, 0.29) is 18.4 Å². The maximum atomic E-state index is 13.4. The molecule has 2 N–H and O–H groups in total. The largest absolute Gasteiger partial charge is 0.490 e. The number of alkyl halides is 3. The lowest BCUT2D eigenvalue weighted by atomic mass is 10.1. The minimum atomic E-state index is -5.08. The van der Waals surface area contributed by atoms with Crippen molar-refractivity contribution < 1.29 is 36.3 Å². The number of carbonyl (C=O) groups excluding carboxylic acids is 1. The van der Waals surface area contributed by atoms with Gasteiger partial charge in [-0.2, -0.15) is 17.5 Å². The van der Waals surface area contributed by atoms with Gasteiger partial charge in [-0.3, -0.25) is 4.79 Å². The zero-order valence-corrected chi connectivity index (χ0v) is 20.3. The Morgan fingerprint density at radius 2 is 1.58 bits per heavy atom. The van der Waals surface area contributed by atoms with Crippen LogP contribution in [0.5, 0.6) is 0 Å². The average Bonchev–Trinajstić information content (AvgIpc) is 2.66. The van der Waals surface area contributed by atoms with E-state index in [1.54, 1.807) is 4.90 Å². The van der Waals surface area contributed by atoms with Crippen molar-refractivity contribution in [3.8, 4) is 0 Å². The third kappa shape index (κ3) is 8.59. The average molecular weight is 496 g/mol. The monoisotopic (exact) mass is 495 g/mol. The van der Waals surface area contributed by atoms with E-state index in [1.165, 1.54) is 4.31 Å². The van der Waals surface area contributed by atoms with Crippen LogP contribution in [-0.2, 0) is 19.6 Å². The molecule has 0 bridgehead atoms. The lowest BCUT2D eigenvalue weighted by molar-refractivity contribution is -0.192. The number of nitrogens with one attached hydrogen (secondary N) is 1. The van der Waals surface area contributed by atoms with E-state index >= 15 is 0 Å². The van der Waals surface area contributed by atoms with E-state index in [4.69, 9.17) is 9.90 Å². The number of carboxylic acid groups (broad SMARTS) is 1. The molecule has 1 heterocycles. The molecule has 33 heavy (non-hydrogen) atoms. The van der Waals surface area contributed by atoms with Crippen LogP contribution < -0.4 is 5.32 Å². The zero-order chi connectivity index (χ0) is 25.6. The molecule has 1 saturated heterocycles. The maximum Gasteiger partial charge on any atom is 0.490 e. The second-order valence-electron chi connectivity index (χ2n) is 8.35. The number of piperazine rings is 1. The van der Waals surface area contributed by atoms with Crippen LogP contribution in [0.3, 0.4) is 0 Å². The lowest BCUT2D eigenvalue weighted by Crippen LogP contribution is -2.50. The highest BCUT2D eigenvalue weighted by atomic mass is 32.2. The Bertz CT molecular complexity index is 920. The molecular weight excluding hydrogens is 463 g/mol. The number of nitrogens with zero attached hydrogens (tertiary/aromatic N) is 2. The molecule has 0 aromatic heterocycles. The van der Waals surface area contributed by atoms with E-state index < -0.39 is 22.2 Å². The third-order valence-corrected chi connectivity index (χ3v) is 6.91. The minimum absolute atomic E-state index is 0.104. The Morgan fingerprint density at radius 1 is 1.12 bits per heavy atom. The molecule has 1 aliphatic rings. The molecule has 1 aliphatic heterocycles. The predicted octanol–water partition coefficient (Wildman–Crippen LogP) is 2.32. The Labute approximate surface area is 192 Å². The number of amides is 1. The van der Waals surface area contributed by atoms with E-state index in [9.17, 15) is 26.4 Å². The molecule has 0 radical (unpaired) electrons. The summed E-state index contributed by atoms with van der Waals surface area (Å²) in [4.78, 5) is 23.7. The summed E-state index contributed by atoms with van der Waals surface area (Å²) in [6.07, 6.45) is -5.08. The summed E-state index contributed by atoms with van der Waals surface area (Å²) in [5, 5.41) is 10.3. The Kier molecular flexibility index (Phi) is 10.3. The second-order valence-corrected chi connectivity index (χ2v) is 10.2. The Morgan fingerprint density at radius 3 is 1.97 bits per heavy atom. The number of carboxylic acids is 1. The van der Waals surface area contributed by atoms with Crippen molar-refractivity contribution in [2.45, 2.75) is 45.7 Å². The summed E-state index contributed by atoms with van der Waals surface area (Å²) in [7, 11) is -3.74. The van der Waals surface area contributed by atoms with Crippen LogP contribution >= 0.6 is 0 Å². The first kappa shape index (κ1) is 28.9. The molecule has 0 spiro atoms. The van der Waals surface area contributed by atoms with Crippen LogP contribution in [0.25, 0.3) is 0 Å². The van der Waals surface area contributed by atoms with Gasteiger partial charge in [-0.15, -0.1) is 0 Å². The summed E-state index contributed by atoms with van der Waals surface area (Å²) >= 11 is 0. The number of aryl methyl sites for hydroxylation is 3. The van der Waals surface area contributed by atoms with Gasteiger partial charge in [-0.1, -0.05) is 31.5 Å². The molecule has 0 unspecified atom stereocenters. The molecular formula is C21H32F3N3O5S. The van der Waals surface area contributed by atoms with Crippen LogP contribution in [0.1, 0.15) is 30.5 Å². The first-order valence-corrected chi connectivity index (χ1v) is 11.9. The van der Waals surface area contributed by atoms with Crippen LogP contribution in [0.2, 0.25) is 0 Å². The molecule has 12 heteroatoms. The number of aliphatic carboxylic acids is 1. The molecule has 1 aromatic rings. The number of halogens is 3. The van der Waals surface area contributed by atoms with E-state index in [1.807, 2.05) is 46.8 Å². The summed E-state index contributed by atoms with van der Waals surface area (Å²) in [6, 6.07) is 3.76. The first-order valence-electron chi connectivity index (χ1n) is 10.4. The fourth-order valence-electron chi connectivity index (χ4n) is 3.52. The molecule has 1 fully saturated rings. The summed E-state index contributed by atoms with van der Waals surface area (Å²) < 4.78 is 59.9. The summed E-state index contributed by atoms with van der Waals surface area (Å²) in [5.74, 6) is -2.75. The third-order valence-electron chi connectivity index (χ3n) is 4.80. The van der Waals surface area contributed by atoms with Gasteiger partial charge in [0.15, 0.2) is 0 Å². The van der Waals surface area contributed by atoms with Crippen LogP contribution in [0.4, 0.5) is 13.2 Å². The number of hydrogen-bond acceptors (Lipinski definition) is 5. The minimum Gasteiger partial charge on any atom is -0.475 e. The van der Waals surface area contributed by atoms with Crippen molar-refractivity contribution in [2.75, 3.05) is 39.3 Å². The van der Waals surface area contributed by atoms with Crippen molar-refractivity contribution in [3.05, 3.63) is 28.8 Å². The normalized spacial score (nSPS) is 14.8. The number of benzene rings is 1. The zero-order valence-electron chi connectivity index (χ0n) is 19.5. The van der Waals surface area contributed by atoms with Crippen molar-refractivity contribution in [3.63, 3.8) is 0 Å². The topological polar surface area (TPSA) is 107 Å². The summed E-state index contributed by atoms with van der Waals surface area (Å²) in [6.45, 7) is 12.5. The van der Waals surface area contributed by atoms with Gasteiger partial charge in [0.2, 0.25) is 15.9 Å². The highest BCUT2D eigenvalue weighted by Gasteiger charge is 2.38. The molecule has 0 aliphatic carbocycles. The quantitative estimate of drug-likeness (QED) is 0.627. The van der Waals surface area contributed by atoms with Crippen LogP contribution in [0, 0.1) is 26.7 Å². The van der Waals surface area contributed by atoms with Gasteiger partial charge in [-0.25, -0.2) is 13.2 Å². The molecule has 8 nitrogen and oxygen atoms in total. The maximum absolute atomic E-state index is 13.4. The molecule has 2 rings (SSSR count). The van der Waals surface area contributed by atoms with E-state index in [2.05, 4.69) is 5.32 Å². The number of hydrogen-bond donors (Lipinski definition) is 2. The van der Waals surface area contributed by atoms with Crippen molar-refractivity contribution in [1.82, 2.24) is 14.5 Å².